The highest BCUT2D eigenvalue weighted by molar-refractivity contribution is 7.09. The van der Waals surface area contributed by atoms with Gasteiger partial charge < -0.3 is 10.6 Å². The van der Waals surface area contributed by atoms with Gasteiger partial charge in [0.05, 0.1) is 6.54 Å². The van der Waals surface area contributed by atoms with Crippen molar-refractivity contribution in [1.82, 2.24) is 15.6 Å². The van der Waals surface area contributed by atoms with E-state index in [4.69, 9.17) is 0 Å². The Hall–Kier alpha value is -0.940. The zero-order chi connectivity index (χ0) is 12.9. The monoisotopic (exact) mass is 255 g/mol. The van der Waals surface area contributed by atoms with Crippen LogP contribution in [0.1, 0.15) is 37.9 Å². The van der Waals surface area contributed by atoms with Gasteiger partial charge in [0.2, 0.25) is 5.91 Å². The van der Waals surface area contributed by atoms with Crippen LogP contribution in [0.25, 0.3) is 0 Å². The maximum absolute atomic E-state index is 11.6. The second kappa shape index (κ2) is 6.12. The zero-order valence-corrected chi connectivity index (χ0v) is 11.8. The molecule has 0 aromatic carbocycles. The van der Waals surface area contributed by atoms with E-state index in [0.29, 0.717) is 13.1 Å². The topological polar surface area (TPSA) is 54.0 Å². The van der Waals surface area contributed by atoms with Crippen molar-refractivity contribution in [2.75, 3.05) is 6.54 Å². The highest BCUT2D eigenvalue weighted by atomic mass is 32.1. The number of rotatable bonds is 6. The number of hydrogen-bond donors (Lipinski definition) is 2. The van der Waals surface area contributed by atoms with E-state index in [1.54, 1.807) is 11.3 Å². The first-order valence-electron chi connectivity index (χ1n) is 5.85. The third-order valence-electron chi connectivity index (χ3n) is 2.59. The van der Waals surface area contributed by atoms with Crippen molar-refractivity contribution in [3.8, 4) is 0 Å². The first-order valence-corrected chi connectivity index (χ1v) is 6.73. The SMILES string of the molecule is CCC(C)(C)NC(=O)CNCc1nc(C)cs1. The van der Waals surface area contributed by atoms with Gasteiger partial charge in [-0.2, -0.15) is 0 Å². The molecular weight excluding hydrogens is 234 g/mol. The number of aryl methyl sites for hydroxylation is 1. The zero-order valence-electron chi connectivity index (χ0n) is 11.0. The third-order valence-corrected chi connectivity index (χ3v) is 3.56. The Morgan fingerprint density at radius 2 is 2.24 bits per heavy atom. The van der Waals surface area contributed by atoms with Gasteiger partial charge in [0.15, 0.2) is 0 Å². The number of hydrogen-bond acceptors (Lipinski definition) is 4. The summed E-state index contributed by atoms with van der Waals surface area (Å²) in [5.74, 6) is 0.0325. The predicted molar refractivity (Wildman–Crippen MR) is 71.1 cm³/mol. The third kappa shape index (κ3) is 5.28. The lowest BCUT2D eigenvalue weighted by Gasteiger charge is -2.24. The lowest BCUT2D eigenvalue weighted by molar-refractivity contribution is -0.121. The molecule has 96 valence electrons. The average molecular weight is 255 g/mol. The second-order valence-corrected chi connectivity index (χ2v) is 5.71. The van der Waals surface area contributed by atoms with Crippen molar-refractivity contribution in [2.24, 2.45) is 0 Å². The molecule has 0 aliphatic heterocycles. The summed E-state index contributed by atoms with van der Waals surface area (Å²) in [7, 11) is 0. The van der Waals surface area contributed by atoms with Crippen molar-refractivity contribution < 1.29 is 4.79 Å². The Morgan fingerprint density at radius 3 is 2.76 bits per heavy atom. The number of thiazole rings is 1. The molecule has 0 saturated heterocycles. The summed E-state index contributed by atoms with van der Waals surface area (Å²) < 4.78 is 0. The van der Waals surface area contributed by atoms with Crippen LogP contribution in [-0.4, -0.2) is 23.0 Å². The minimum atomic E-state index is -0.128. The molecule has 0 bridgehead atoms. The van der Waals surface area contributed by atoms with E-state index in [1.807, 2.05) is 26.2 Å². The molecule has 4 nitrogen and oxygen atoms in total. The Balaban J connectivity index is 2.25. The van der Waals surface area contributed by atoms with Gasteiger partial charge in [-0.15, -0.1) is 11.3 Å². The molecule has 0 fully saturated rings. The van der Waals surface area contributed by atoms with E-state index >= 15 is 0 Å². The molecule has 0 aliphatic carbocycles. The number of aromatic nitrogens is 1. The average Bonchev–Trinajstić information content (AvgIpc) is 2.63. The summed E-state index contributed by atoms with van der Waals surface area (Å²) in [5.41, 5.74) is 0.902. The van der Waals surface area contributed by atoms with Crippen LogP contribution in [0.3, 0.4) is 0 Å². The summed E-state index contributed by atoms with van der Waals surface area (Å²) in [5, 5.41) is 9.11. The summed E-state index contributed by atoms with van der Waals surface area (Å²) in [6.45, 7) is 9.06. The van der Waals surface area contributed by atoms with E-state index in [-0.39, 0.29) is 11.4 Å². The van der Waals surface area contributed by atoms with Crippen molar-refractivity contribution in [1.29, 1.82) is 0 Å². The Kier molecular flexibility index (Phi) is 5.08. The summed E-state index contributed by atoms with van der Waals surface area (Å²) in [4.78, 5) is 15.9. The van der Waals surface area contributed by atoms with Crippen LogP contribution in [0.2, 0.25) is 0 Å². The van der Waals surface area contributed by atoms with Gasteiger partial charge in [0.1, 0.15) is 5.01 Å². The van der Waals surface area contributed by atoms with Crippen LogP contribution in [0.4, 0.5) is 0 Å². The van der Waals surface area contributed by atoms with E-state index in [0.717, 1.165) is 17.1 Å². The Labute approximate surface area is 107 Å². The van der Waals surface area contributed by atoms with Crippen LogP contribution >= 0.6 is 11.3 Å². The van der Waals surface area contributed by atoms with Crippen molar-refractivity contribution in [2.45, 2.75) is 46.2 Å². The molecule has 0 aliphatic rings. The molecular formula is C12H21N3OS. The van der Waals surface area contributed by atoms with Crippen LogP contribution in [0, 0.1) is 6.92 Å². The number of carbonyl (C=O) groups excluding carboxylic acids is 1. The quantitative estimate of drug-likeness (QED) is 0.815. The summed E-state index contributed by atoms with van der Waals surface area (Å²) in [6.07, 6.45) is 0.921. The molecule has 0 saturated carbocycles. The first kappa shape index (κ1) is 14.1. The predicted octanol–water partition coefficient (Wildman–Crippen LogP) is 1.85. The van der Waals surface area contributed by atoms with Crippen LogP contribution in [0.5, 0.6) is 0 Å². The van der Waals surface area contributed by atoms with Gasteiger partial charge >= 0.3 is 0 Å². The van der Waals surface area contributed by atoms with Gasteiger partial charge in [0, 0.05) is 23.2 Å². The fourth-order valence-electron chi connectivity index (χ4n) is 1.28. The van der Waals surface area contributed by atoms with E-state index in [9.17, 15) is 4.79 Å². The lowest BCUT2D eigenvalue weighted by Crippen LogP contribution is -2.46. The Bertz CT molecular complexity index is 374. The van der Waals surface area contributed by atoms with E-state index in [1.165, 1.54) is 0 Å². The Morgan fingerprint density at radius 1 is 1.53 bits per heavy atom. The molecule has 17 heavy (non-hydrogen) atoms. The fourth-order valence-corrected chi connectivity index (χ4v) is 2.02. The second-order valence-electron chi connectivity index (χ2n) is 4.77. The van der Waals surface area contributed by atoms with Crippen LogP contribution in [0.15, 0.2) is 5.38 Å². The molecule has 5 heteroatoms. The normalized spacial score (nSPS) is 11.5. The number of carbonyl (C=O) groups is 1. The molecule has 0 atom stereocenters. The van der Waals surface area contributed by atoms with Gasteiger partial charge in [-0.3, -0.25) is 4.79 Å². The molecule has 1 heterocycles. The summed E-state index contributed by atoms with van der Waals surface area (Å²) in [6, 6.07) is 0. The number of amides is 1. The van der Waals surface area contributed by atoms with Crippen LogP contribution < -0.4 is 10.6 Å². The summed E-state index contributed by atoms with van der Waals surface area (Å²) >= 11 is 1.61. The van der Waals surface area contributed by atoms with Crippen LogP contribution in [-0.2, 0) is 11.3 Å². The molecule has 1 rings (SSSR count). The minimum Gasteiger partial charge on any atom is -0.350 e. The van der Waals surface area contributed by atoms with Gasteiger partial charge in [-0.25, -0.2) is 4.98 Å². The molecule has 1 aromatic heterocycles. The molecule has 0 unspecified atom stereocenters. The highest BCUT2D eigenvalue weighted by Crippen LogP contribution is 2.08. The maximum atomic E-state index is 11.6. The number of nitrogens with one attached hydrogen (secondary N) is 2. The maximum Gasteiger partial charge on any atom is 0.234 e. The molecule has 1 amide bonds. The smallest absolute Gasteiger partial charge is 0.234 e. The van der Waals surface area contributed by atoms with Gasteiger partial charge in [-0.05, 0) is 27.2 Å². The molecule has 1 aromatic rings. The highest BCUT2D eigenvalue weighted by Gasteiger charge is 2.17. The lowest BCUT2D eigenvalue weighted by atomic mass is 10.0. The number of nitrogens with zero attached hydrogens (tertiary/aromatic N) is 1. The van der Waals surface area contributed by atoms with Crippen molar-refractivity contribution in [3.63, 3.8) is 0 Å². The first-order chi connectivity index (χ1) is 7.93. The van der Waals surface area contributed by atoms with E-state index < -0.39 is 0 Å². The fraction of sp³-hybridized carbons (Fsp3) is 0.667. The van der Waals surface area contributed by atoms with Crippen molar-refractivity contribution in [3.05, 3.63) is 16.1 Å². The molecule has 0 spiro atoms. The minimum absolute atomic E-state index is 0.0325. The molecule has 2 N–H and O–H groups in total. The standard InChI is InChI=1S/C12H21N3OS/c1-5-12(3,4)15-10(16)6-13-7-11-14-9(2)8-17-11/h8,13H,5-7H2,1-4H3,(H,15,16). The van der Waals surface area contributed by atoms with Gasteiger partial charge in [-0.1, -0.05) is 6.92 Å². The largest absolute Gasteiger partial charge is 0.350 e. The van der Waals surface area contributed by atoms with E-state index in [2.05, 4.69) is 22.5 Å². The van der Waals surface area contributed by atoms with Gasteiger partial charge in [0.25, 0.3) is 0 Å². The molecule has 0 radical (unpaired) electrons. The van der Waals surface area contributed by atoms with Crippen molar-refractivity contribution >= 4 is 17.2 Å².